The molecule has 6 heteroatoms. The zero-order chi connectivity index (χ0) is 14.7. The Morgan fingerprint density at radius 2 is 2.00 bits per heavy atom. The van der Waals surface area contributed by atoms with Crippen molar-refractivity contribution in [3.05, 3.63) is 34.3 Å². The lowest BCUT2D eigenvalue weighted by atomic mass is 9.95. The van der Waals surface area contributed by atoms with Crippen LogP contribution in [0.2, 0.25) is 0 Å². The second kappa shape index (κ2) is 6.87. The largest absolute Gasteiger partial charge is 0.384 e. The van der Waals surface area contributed by atoms with Crippen LogP contribution in [0.4, 0.5) is 0 Å². The van der Waals surface area contributed by atoms with E-state index in [1.165, 1.54) is 0 Å². The van der Waals surface area contributed by atoms with Crippen LogP contribution >= 0.6 is 15.9 Å². The van der Waals surface area contributed by atoms with Gasteiger partial charge >= 0.3 is 0 Å². The highest BCUT2D eigenvalue weighted by atomic mass is 79.9. The van der Waals surface area contributed by atoms with Crippen LogP contribution in [0.1, 0.15) is 5.56 Å². The van der Waals surface area contributed by atoms with Crippen molar-refractivity contribution >= 4 is 21.6 Å². The molecule has 0 radical (unpaired) electrons. The van der Waals surface area contributed by atoms with Gasteiger partial charge in [-0.25, -0.2) is 0 Å². The van der Waals surface area contributed by atoms with E-state index in [9.17, 15) is 0 Å². The molecule has 1 aromatic rings. The van der Waals surface area contributed by atoms with E-state index in [-0.39, 0.29) is 12.1 Å². The molecule has 1 fully saturated rings. The Kier molecular flexibility index (Phi) is 4.90. The highest BCUT2D eigenvalue weighted by Crippen LogP contribution is 2.27. The SMILES string of the molecule is COCC1C(c2ccc(Br)cc2)=NOC1N1CCOCC1. The Bertz CT molecular complexity index is 500. The lowest BCUT2D eigenvalue weighted by Gasteiger charge is -2.33. The summed E-state index contributed by atoms with van der Waals surface area (Å²) >= 11 is 3.46. The van der Waals surface area contributed by atoms with Crippen LogP contribution in [0, 0.1) is 5.92 Å². The van der Waals surface area contributed by atoms with Gasteiger partial charge in [0.2, 0.25) is 0 Å². The molecule has 1 aromatic carbocycles. The van der Waals surface area contributed by atoms with Crippen molar-refractivity contribution in [2.24, 2.45) is 11.1 Å². The Labute approximate surface area is 133 Å². The van der Waals surface area contributed by atoms with Gasteiger partial charge in [0.05, 0.1) is 31.5 Å². The van der Waals surface area contributed by atoms with Crippen molar-refractivity contribution < 1.29 is 14.3 Å². The molecule has 2 unspecified atom stereocenters. The van der Waals surface area contributed by atoms with Crippen molar-refractivity contribution in [2.45, 2.75) is 6.23 Å². The molecule has 0 saturated carbocycles. The molecule has 0 N–H and O–H groups in total. The second-order valence-corrected chi connectivity index (χ2v) is 6.11. The summed E-state index contributed by atoms with van der Waals surface area (Å²) in [6.45, 7) is 3.82. The maximum Gasteiger partial charge on any atom is 0.192 e. The Hall–Kier alpha value is -0.950. The molecule has 1 saturated heterocycles. The molecular weight excluding hydrogens is 336 g/mol. The molecule has 21 heavy (non-hydrogen) atoms. The number of oxime groups is 1. The average Bonchev–Trinajstić information content (AvgIpc) is 2.93. The summed E-state index contributed by atoms with van der Waals surface area (Å²) < 4.78 is 11.9. The molecule has 0 aliphatic carbocycles. The van der Waals surface area contributed by atoms with Gasteiger partial charge in [0.15, 0.2) is 6.23 Å². The predicted octanol–water partition coefficient (Wildman–Crippen LogP) is 2.10. The molecule has 0 amide bonds. The van der Waals surface area contributed by atoms with E-state index in [4.69, 9.17) is 14.3 Å². The molecule has 2 atom stereocenters. The van der Waals surface area contributed by atoms with Crippen molar-refractivity contribution in [2.75, 3.05) is 40.0 Å². The zero-order valence-electron chi connectivity index (χ0n) is 12.0. The van der Waals surface area contributed by atoms with Crippen molar-refractivity contribution in [3.8, 4) is 0 Å². The third-order valence-electron chi connectivity index (χ3n) is 3.85. The molecule has 0 aromatic heterocycles. The molecule has 0 spiro atoms. The van der Waals surface area contributed by atoms with Gasteiger partial charge in [-0.2, -0.15) is 0 Å². The topological polar surface area (TPSA) is 43.3 Å². The fourth-order valence-electron chi connectivity index (χ4n) is 2.77. The number of hydrogen-bond donors (Lipinski definition) is 0. The van der Waals surface area contributed by atoms with Gasteiger partial charge < -0.3 is 14.3 Å². The van der Waals surface area contributed by atoms with Gasteiger partial charge in [0.1, 0.15) is 0 Å². The van der Waals surface area contributed by atoms with Crippen molar-refractivity contribution in [1.29, 1.82) is 0 Å². The maximum absolute atomic E-state index is 5.72. The summed E-state index contributed by atoms with van der Waals surface area (Å²) in [5, 5.41) is 4.33. The minimum atomic E-state index is -0.0625. The highest BCUT2D eigenvalue weighted by Gasteiger charge is 2.39. The number of rotatable bonds is 4. The lowest BCUT2D eigenvalue weighted by molar-refractivity contribution is -0.104. The first-order chi connectivity index (χ1) is 10.3. The first-order valence-corrected chi connectivity index (χ1v) is 7.89. The Morgan fingerprint density at radius 1 is 1.29 bits per heavy atom. The van der Waals surface area contributed by atoms with Gasteiger partial charge in [-0.3, -0.25) is 4.90 Å². The summed E-state index contributed by atoms with van der Waals surface area (Å²) in [6, 6.07) is 8.14. The molecule has 114 valence electrons. The highest BCUT2D eigenvalue weighted by molar-refractivity contribution is 9.10. The summed E-state index contributed by atoms with van der Waals surface area (Å²) in [5.74, 6) is 0.120. The van der Waals surface area contributed by atoms with E-state index in [2.05, 4.69) is 38.1 Å². The lowest BCUT2D eigenvalue weighted by Crippen LogP contribution is -2.48. The maximum atomic E-state index is 5.72. The quantitative estimate of drug-likeness (QED) is 0.830. The smallest absolute Gasteiger partial charge is 0.192 e. The van der Waals surface area contributed by atoms with Gasteiger partial charge in [-0.1, -0.05) is 33.2 Å². The number of morpholine rings is 1. The Morgan fingerprint density at radius 3 is 2.67 bits per heavy atom. The van der Waals surface area contributed by atoms with E-state index < -0.39 is 0 Å². The number of halogens is 1. The molecule has 2 heterocycles. The monoisotopic (exact) mass is 354 g/mol. The minimum absolute atomic E-state index is 0.0625. The van der Waals surface area contributed by atoms with Gasteiger partial charge in [-0.05, 0) is 17.7 Å². The van der Waals surface area contributed by atoms with E-state index >= 15 is 0 Å². The summed E-state index contributed by atoms with van der Waals surface area (Å²) in [5.41, 5.74) is 2.04. The van der Waals surface area contributed by atoms with Crippen molar-refractivity contribution in [3.63, 3.8) is 0 Å². The number of benzene rings is 1. The fraction of sp³-hybridized carbons (Fsp3) is 0.533. The fourth-order valence-corrected chi connectivity index (χ4v) is 3.03. The van der Waals surface area contributed by atoms with Gasteiger partial charge in [0, 0.05) is 24.7 Å². The molecule has 2 aliphatic heterocycles. The van der Waals surface area contributed by atoms with E-state index in [1.54, 1.807) is 7.11 Å². The van der Waals surface area contributed by atoms with Crippen LogP contribution in [-0.2, 0) is 14.3 Å². The third-order valence-corrected chi connectivity index (χ3v) is 4.37. The van der Waals surface area contributed by atoms with Crippen LogP contribution in [0.25, 0.3) is 0 Å². The normalized spacial score (nSPS) is 26.5. The summed E-state index contributed by atoms with van der Waals surface area (Å²) in [4.78, 5) is 8.00. The van der Waals surface area contributed by atoms with E-state index in [0.29, 0.717) is 6.61 Å². The number of ether oxygens (including phenoxy) is 2. The van der Waals surface area contributed by atoms with Crippen LogP contribution < -0.4 is 0 Å². The average molecular weight is 355 g/mol. The zero-order valence-corrected chi connectivity index (χ0v) is 13.6. The molecule has 5 nitrogen and oxygen atoms in total. The first-order valence-electron chi connectivity index (χ1n) is 7.10. The number of hydrogen-bond acceptors (Lipinski definition) is 5. The van der Waals surface area contributed by atoms with Crippen LogP contribution in [0.3, 0.4) is 0 Å². The second-order valence-electron chi connectivity index (χ2n) is 5.19. The number of nitrogens with zero attached hydrogens (tertiary/aromatic N) is 2. The third kappa shape index (κ3) is 3.29. The van der Waals surface area contributed by atoms with Crippen LogP contribution in [-0.4, -0.2) is 56.9 Å². The van der Waals surface area contributed by atoms with Crippen LogP contribution in [0.5, 0.6) is 0 Å². The number of methoxy groups -OCH3 is 1. The first kappa shape index (κ1) is 15.0. The Balaban J connectivity index is 1.79. The minimum Gasteiger partial charge on any atom is -0.384 e. The van der Waals surface area contributed by atoms with Crippen LogP contribution in [0.15, 0.2) is 33.9 Å². The van der Waals surface area contributed by atoms with E-state index in [0.717, 1.165) is 42.1 Å². The summed E-state index contributed by atoms with van der Waals surface area (Å²) in [7, 11) is 1.72. The summed E-state index contributed by atoms with van der Waals surface area (Å²) in [6.07, 6.45) is -0.0625. The van der Waals surface area contributed by atoms with E-state index in [1.807, 2.05) is 12.1 Å². The predicted molar refractivity (Wildman–Crippen MR) is 83.3 cm³/mol. The molecule has 2 aliphatic rings. The van der Waals surface area contributed by atoms with Crippen molar-refractivity contribution in [1.82, 2.24) is 4.90 Å². The van der Waals surface area contributed by atoms with Gasteiger partial charge in [0.25, 0.3) is 0 Å². The molecule has 0 bridgehead atoms. The standard InChI is InChI=1S/C15H19BrN2O3/c1-19-10-13-14(11-2-4-12(16)5-3-11)17-21-15(13)18-6-8-20-9-7-18/h2-5,13,15H,6-10H2,1H3. The molecule has 3 rings (SSSR count). The van der Waals surface area contributed by atoms with Gasteiger partial charge in [-0.15, -0.1) is 0 Å². The molecular formula is C15H19BrN2O3.